The second-order valence-corrected chi connectivity index (χ2v) is 5.36. The van der Waals surface area contributed by atoms with E-state index >= 15 is 0 Å². The van der Waals surface area contributed by atoms with Crippen LogP contribution in [0, 0.1) is 0 Å². The lowest BCUT2D eigenvalue weighted by atomic mass is 10.1. The Kier molecular flexibility index (Phi) is 4.79. The van der Waals surface area contributed by atoms with Crippen molar-refractivity contribution in [3.8, 4) is 5.75 Å². The summed E-state index contributed by atoms with van der Waals surface area (Å²) in [6.07, 6.45) is 1.82. The van der Waals surface area contributed by atoms with Crippen LogP contribution in [0.1, 0.15) is 20.8 Å². The quantitative estimate of drug-likeness (QED) is 0.849. The summed E-state index contributed by atoms with van der Waals surface area (Å²) in [6.45, 7) is 7.36. The SMILES string of the molecule is COc1cc(N[C@H](C)CNC(C)C)c2ncccc2c1. The van der Waals surface area contributed by atoms with Crippen LogP contribution in [-0.2, 0) is 0 Å². The fourth-order valence-electron chi connectivity index (χ4n) is 2.12. The predicted molar refractivity (Wildman–Crippen MR) is 84.5 cm³/mol. The second kappa shape index (κ2) is 6.57. The number of nitrogens with one attached hydrogen (secondary N) is 2. The summed E-state index contributed by atoms with van der Waals surface area (Å²) in [6, 6.07) is 8.79. The van der Waals surface area contributed by atoms with Gasteiger partial charge in [0.15, 0.2) is 0 Å². The topological polar surface area (TPSA) is 46.2 Å². The van der Waals surface area contributed by atoms with Crippen molar-refractivity contribution >= 4 is 16.6 Å². The van der Waals surface area contributed by atoms with E-state index in [2.05, 4.69) is 36.4 Å². The van der Waals surface area contributed by atoms with E-state index in [9.17, 15) is 0 Å². The van der Waals surface area contributed by atoms with E-state index in [4.69, 9.17) is 4.74 Å². The lowest BCUT2D eigenvalue weighted by Gasteiger charge is -2.19. The fourth-order valence-corrected chi connectivity index (χ4v) is 2.12. The minimum Gasteiger partial charge on any atom is -0.497 e. The van der Waals surface area contributed by atoms with E-state index in [0.29, 0.717) is 12.1 Å². The molecule has 0 fully saturated rings. The number of hydrogen-bond donors (Lipinski definition) is 2. The van der Waals surface area contributed by atoms with Gasteiger partial charge >= 0.3 is 0 Å². The molecule has 2 rings (SSSR count). The van der Waals surface area contributed by atoms with Crippen molar-refractivity contribution < 1.29 is 4.74 Å². The number of pyridine rings is 1. The van der Waals surface area contributed by atoms with E-state index in [1.807, 2.05) is 30.5 Å². The summed E-state index contributed by atoms with van der Waals surface area (Å²) in [5.74, 6) is 0.844. The Labute approximate surface area is 120 Å². The predicted octanol–water partition coefficient (Wildman–Crippen LogP) is 3.04. The van der Waals surface area contributed by atoms with E-state index in [1.165, 1.54) is 0 Å². The zero-order chi connectivity index (χ0) is 14.5. The Bertz CT molecular complexity index is 569. The minimum absolute atomic E-state index is 0.315. The van der Waals surface area contributed by atoms with Gasteiger partial charge in [-0.1, -0.05) is 19.9 Å². The van der Waals surface area contributed by atoms with Gasteiger partial charge in [-0.25, -0.2) is 0 Å². The van der Waals surface area contributed by atoms with Crippen LogP contribution in [0.5, 0.6) is 5.75 Å². The van der Waals surface area contributed by atoms with Crippen LogP contribution in [0.4, 0.5) is 5.69 Å². The van der Waals surface area contributed by atoms with E-state index < -0.39 is 0 Å². The molecule has 1 atom stereocenters. The van der Waals surface area contributed by atoms with Crippen molar-refractivity contribution in [3.05, 3.63) is 30.5 Å². The van der Waals surface area contributed by atoms with Crippen LogP contribution in [0.3, 0.4) is 0 Å². The zero-order valence-corrected chi connectivity index (χ0v) is 12.6. The summed E-state index contributed by atoms with van der Waals surface area (Å²) >= 11 is 0. The molecule has 0 amide bonds. The maximum atomic E-state index is 5.36. The number of fused-ring (bicyclic) bond motifs is 1. The molecule has 0 unspecified atom stereocenters. The molecule has 2 aromatic rings. The number of aromatic nitrogens is 1. The fraction of sp³-hybridized carbons (Fsp3) is 0.438. The van der Waals surface area contributed by atoms with Gasteiger partial charge in [-0.2, -0.15) is 0 Å². The summed E-state index contributed by atoms with van der Waals surface area (Å²) in [5.41, 5.74) is 1.99. The van der Waals surface area contributed by atoms with Gasteiger partial charge in [-0.15, -0.1) is 0 Å². The molecular formula is C16H23N3O. The smallest absolute Gasteiger partial charge is 0.121 e. The van der Waals surface area contributed by atoms with Gasteiger partial charge in [-0.3, -0.25) is 4.98 Å². The zero-order valence-electron chi connectivity index (χ0n) is 12.6. The number of rotatable bonds is 6. The van der Waals surface area contributed by atoms with Crippen molar-refractivity contribution in [2.75, 3.05) is 19.0 Å². The Morgan fingerprint density at radius 1 is 1.25 bits per heavy atom. The lowest BCUT2D eigenvalue weighted by Crippen LogP contribution is -2.34. The third-order valence-electron chi connectivity index (χ3n) is 3.15. The summed E-state index contributed by atoms with van der Waals surface area (Å²) in [7, 11) is 1.69. The molecule has 0 bridgehead atoms. The summed E-state index contributed by atoms with van der Waals surface area (Å²) in [5, 5.41) is 8.02. The third kappa shape index (κ3) is 3.61. The molecule has 0 aliphatic carbocycles. The molecule has 20 heavy (non-hydrogen) atoms. The first-order valence-corrected chi connectivity index (χ1v) is 7.03. The van der Waals surface area contributed by atoms with Crippen LogP contribution >= 0.6 is 0 Å². The van der Waals surface area contributed by atoms with Gasteiger partial charge in [0.25, 0.3) is 0 Å². The molecule has 1 aromatic carbocycles. The normalized spacial score (nSPS) is 12.7. The molecule has 4 heteroatoms. The average Bonchev–Trinajstić information content (AvgIpc) is 2.45. The molecule has 4 nitrogen and oxygen atoms in total. The van der Waals surface area contributed by atoms with Crippen molar-refractivity contribution in [2.45, 2.75) is 32.9 Å². The number of methoxy groups -OCH3 is 1. The van der Waals surface area contributed by atoms with Gasteiger partial charge in [0.05, 0.1) is 18.3 Å². The molecule has 0 spiro atoms. The summed E-state index contributed by atoms with van der Waals surface area (Å²) in [4.78, 5) is 4.47. The van der Waals surface area contributed by atoms with Crippen LogP contribution in [0.15, 0.2) is 30.5 Å². The highest BCUT2D eigenvalue weighted by Crippen LogP contribution is 2.28. The second-order valence-electron chi connectivity index (χ2n) is 5.36. The highest BCUT2D eigenvalue weighted by Gasteiger charge is 2.09. The van der Waals surface area contributed by atoms with Crippen LogP contribution in [0.25, 0.3) is 10.9 Å². The number of nitrogens with zero attached hydrogens (tertiary/aromatic N) is 1. The van der Waals surface area contributed by atoms with Gasteiger partial charge in [-0.05, 0) is 19.1 Å². The number of hydrogen-bond acceptors (Lipinski definition) is 4. The van der Waals surface area contributed by atoms with E-state index in [0.717, 1.165) is 28.9 Å². The number of anilines is 1. The molecule has 108 valence electrons. The van der Waals surface area contributed by atoms with Gasteiger partial charge in [0.1, 0.15) is 5.75 Å². The van der Waals surface area contributed by atoms with Crippen molar-refractivity contribution in [3.63, 3.8) is 0 Å². The molecular weight excluding hydrogens is 250 g/mol. The maximum Gasteiger partial charge on any atom is 0.121 e. The molecule has 0 aliphatic heterocycles. The molecule has 0 saturated heterocycles. The Hall–Kier alpha value is -1.81. The monoisotopic (exact) mass is 273 g/mol. The highest BCUT2D eigenvalue weighted by atomic mass is 16.5. The molecule has 1 heterocycles. The summed E-state index contributed by atoms with van der Waals surface area (Å²) < 4.78 is 5.36. The van der Waals surface area contributed by atoms with Gasteiger partial charge < -0.3 is 15.4 Å². The lowest BCUT2D eigenvalue weighted by molar-refractivity contribution is 0.415. The molecule has 1 aromatic heterocycles. The first kappa shape index (κ1) is 14.6. The Morgan fingerprint density at radius 2 is 2.05 bits per heavy atom. The standard InChI is InChI=1S/C16H23N3O/c1-11(2)18-10-12(3)19-15-9-14(20-4)8-13-6-5-7-17-16(13)15/h5-9,11-12,18-19H,10H2,1-4H3/t12-/m1/s1. The minimum atomic E-state index is 0.315. The third-order valence-corrected chi connectivity index (χ3v) is 3.15. The molecule has 0 radical (unpaired) electrons. The molecule has 0 aliphatic rings. The van der Waals surface area contributed by atoms with Crippen molar-refractivity contribution in [1.29, 1.82) is 0 Å². The Balaban J connectivity index is 2.23. The van der Waals surface area contributed by atoms with Gasteiger partial charge in [0.2, 0.25) is 0 Å². The van der Waals surface area contributed by atoms with Crippen LogP contribution < -0.4 is 15.4 Å². The number of benzene rings is 1. The van der Waals surface area contributed by atoms with E-state index in [1.54, 1.807) is 7.11 Å². The van der Waals surface area contributed by atoms with Crippen molar-refractivity contribution in [1.82, 2.24) is 10.3 Å². The van der Waals surface area contributed by atoms with E-state index in [-0.39, 0.29) is 0 Å². The van der Waals surface area contributed by atoms with Crippen molar-refractivity contribution in [2.24, 2.45) is 0 Å². The van der Waals surface area contributed by atoms with Gasteiger partial charge in [0, 0.05) is 36.3 Å². The number of ether oxygens (including phenoxy) is 1. The maximum absolute atomic E-state index is 5.36. The molecule has 2 N–H and O–H groups in total. The largest absolute Gasteiger partial charge is 0.497 e. The first-order chi connectivity index (χ1) is 9.60. The van der Waals surface area contributed by atoms with Crippen LogP contribution in [-0.4, -0.2) is 30.7 Å². The first-order valence-electron chi connectivity index (χ1n) is 7.03. The average molecular weight is 273 g/mol. The molecule has 0 saturated carbocycles. The van der Waals surface area contributed by atoms with Crippen LogP contribution in [0.2, 0.25) is 0 Å². The Morgan fingerprint density at radius 3 is 2.75 bits per heavy atom. The highest BCUT2D eigenvalue weighted by molar-refractivity contribution is 5.91.